The minimum absolute atomic E-state index is 0.0590. The zero-order valence-electron chi connectivity index (χ0n) is 15.4. The van der Waals surface area contributed by atoms with Crippen molar-refractivity contribution >= 4 is 16.8 Å². The van der Waals surface area contributed by atoms with E-state index >= 15 is 0 Å². The molecule has 1 aliphatic heterocycles. The molecule has 1 unspecified atom stereocenters. The number of nitrogens with one attached hydrogen (secondary N) is 2. The maximum Gasteiger partial charge on any atom is 0.239 e. The van der Waals surface area contributed by atoms with E-state index in [9.17, 15) is 4.79 Å². The van der Waals surface area contributed by atoms with Gasteiger partial charge >= 0.3 is 0 Å². The number of nitrogens with zero attached hydrogens (tertiary/aromatic N) is 4. The predicted octanol–water partition coefficient (Wildman–Crippen LogP) is 1.55. The molecule has 0 fully saturated rings. The lowest BCUT2D eigenvalue weighted by molar-refractivity contribution is -0.127. The maximum absolute atomic E-state index is 12.7. The molecule has 3 aromatic rings. The molecule has 136 valence electrons. The fourth-order valence-electron chi connectivity index (χ4n) is 3.79. The number of amides is 1. The number of aromatic nitrogens is 4. The zero-order chi connectivity index (χ0) is 18.3. The minimum Gasteiger partial charge on any atom is -0.358 e. The van der Waals surface area contributed by atoms with Crippen LogP contribution in [0.2, 0.25) is 0 Å². The summed E-state index contributed by atoms with van der Waals surface area (Å²) in [6.45, 7) is 5.88. The van der Waals surface area contributed by atoms with Crippen LogP contribution >= 0.6 is 0 Å². The number of para-hydroxylation sites is 1. The quantitative estimate of drug-likeness (QED) is 0.747. The standard InChI is InChI=1S/C19H24N6O/c1-12-14(15-6-4-5-7-16(15)21-12)8-9-20-19(26)17-10-25-13(2)22-23-18(25)11-24(17)3/h4-7,17,21H,8-11H2,1-3H3,(H,20,26). The van der Waals surface area contributed by atoms with Crippen LogP contribution < -0.4 is 5.32 Å². The Hall–Kier alpha value is -2.67. The highest BCUT2D eigenvalue weighted by Gasteiger charge is 2.30. The Morgan fingerprint density at radius 1 is 1.31 bits per heavy atom. The predicted molar refractivity (Wildman–Crippen MR) is 99.8 cm³/mol. The Morgan fingerprint density at radius 2 is 2.12 bits per heavy atom. The summed E-state index contributed by atoms with van der Waals surface area (Å²) < 4.78 is 2.04. The molecule has 26 heavy (non-hydrogen) atoms. The molecule has 0 saturated heterocycles. The molecule has 1 aliphatic rings. The number of benzene rings is 1. The van der Waals surface area contributed by atoms with E-state index in [1.807, 2.05) is 35.6 Å². The van der Waals surface area contributed by atoms with Crippen LogP contribution in [0.15, 0.2) is 24.3 Å². The highest BCUT2D eigenvalue weighted by Crippen LogP contribution is 2.22. The van der Waals surface area contributed by atoms with E-state index in [4.69, 9.17) is 0 Å². The van der Waals surface area contributed by atoms with Gasteiger partial charge in [0.2, 0.25) is 5.91 Å². The van der Waals surface area contributed by atoms with Crippen molar-refractivity contribution in [1.29, 1.82) is 0 Å². The molecule has 2 N–H and O–H groups in total. The van der Waals surface area contributed by atoms with Crippen LogP contribution in [-0.4, -0.2) is 50.2 Å². The fourth-order valence-corrected chi connectivity index (χ4v) is 3.79. The first-order chi connectivity index (χ1) is 12.5. The third-order valence-electron chi connectivity index (χ3n) is 5.29. The van der Waals surface area contributed by atoms with Crippen LogP contribution in [-0.2, 0) is 24.3 Å². The van der Waals surface area contributed by atoms with Gasteiger partial charge in [-0.2, -0.15) is 0 Å². The summed E-state index contributed by atoms with van der Waals surface area (Å²) in [4.78, 5) is 18.2. The summed E-state index contributed by atoms with van der Waals surface area (Å²) in [6.07, 6.45) is 0.814. The second-order valence-corrected chi connectivity index (χ2v) is 7.02. The minimum atomic E-state index is -0.193. The van der Waals surface area contributed by atoms with Crippen LogP contribution in [0.25, 0.3) is 10.9 Å². The Labute approximate surface area is 152 Å². The third kappa shape index (κ3) is 2.88. The van der Waals surface area contributed by atoms with Crippen molar-refractivity contribution in [2.75, 3.05) is 13.6 Å². The highest BCUT2D eigenvalue weighted by molar-refractivity contribution is 5.85. The topological polar surface area (TPSA) is 78.8 Å². The number of hydrogen-bond acceptors (Lipinski definition) is 4. The van der Waals surface area contributed by atoms with Crippen LogP contribution in [0, 0.1) is 13.8 Å². The summed E-state index contributed by atoms with van der Waals surface area (Å²) in [5.74, 6) is 1.84. The second kappa shape index (κ2) is 6.57. The number of carbonyl (C=O) groups is 1. The number of hydrogen-bond donors (Lipinski definition) is 2. The van der Waals surface area contributed by atoms with Gasteiger partial charge in [-0.25, -0.2) is 0 Å². The Morgan fingerprint density at radius 3 is 2.96 bits per heavy atom. The first-order valence-electron chi connectivity index (χ1n) is 8.97. The lowest BCUT2D eigenvalue weighted by Gasteiger charge is -2.32. The molecular formula is C19H24N6O. The number of fused-ring (bicyclic) bond motifs is 2. The monoisotopic (exact) mass is 352 g/mol. The molecule has 7 nitrogen and oxygen atoms in total. The van der Waals surface area contributed by atoms with Crippen molar-refractivity contribution in [3.8, 4) is 0 Å². The molecule has 0 aliphatic carbocycles. The van der Waals surface area contributed by atoms with Crippen molar-refractivity contribution in [2.24, 2.45) is 0 Å². The normalized spacial score (nSPS) is 17.4. The molecule has 1 aromatic carbocycles. The van der Waals surface area contributed by atoms with Gasteiger partial charge in [-0.05, 0) is 38.9 Å². The van der Waals surface area contributed by atoms with Crippen molar-refractivity contribution in [2.45, 2.75) is 39.4 Å². The number of aryl methyl sites for hydroxylation is 2. The zero-order valence-corrected chi connectivity index (χ0v) is 15.4. The molecule has 0 radical (unpaired) electrons. The van der Waals surface area contributed by atoms with Gasteiger partial charge in [-0.15, -0.1) is 10.2 Å². The summed E-state index contributed by atoms with van der Waals surface area (Å²) in [5.41, 5.74) is 3.59. The van der Waals surface area contributed by atoms with Crippen molar-refractivity contribution in [3.63, 3.8) is 0 Å². The number of rotatable bonds is 4. The molecule has 0 bridgehead atoms. The molecule has 0 spiro atoms. The van der Waals surface area contributed by atoms with E-state index in [0.29, 0.717) is 19.6 Å². The van der Waals surface area contributed by atoms with E-state index < -0.39 is 0 Å². The van der Waals surface area contributed by atoms with Crippen molar-refractivity contribution < 1.29 is 4.79 Å². The summed E-state index contributed by atoms with van der Waals surface area (Å²) in [7, 11) is 1.96. The Kier molecular flexibility index (Phi) is 4.24. The van der Waals surface area contributed by atoms with Crippen LogP contribution in [0.4, 0.5) is 0 Å². The average Bonchev–Trinajstić information content (AvgIpc) is 3.14. The van der Waals surface area contributed by atoms with E-state index in [2.05, 4.69) is 39.6 Å². The van der Waals surface area contributed by atoms with E-state index in [1.165, 1.54) is 16.6 Å². The molecule has 3 heterocycles. The molecule has 0 saturated carbocycles. The lowest BCUT2D eigenvalue weighted by Crippen LogP contribution is -2.50. The van der Waals surface area contributed by atoms with Gasteiger partial charge in [0.25, 0.3) is 0 Å². The van der Waals surface area contributed by atoms with Gasteiger partial charge < -0.3 is 14.9 Å². The summed E-state index contributed by atoms with van der Waals surface area (Å²) in [6, 6.07) is 8.10. The third-order valence-corrected chi connectivity index (χ3v) is 5.29. The van der Waals surface area contributed by atoms with Crippen LogP contribution in [0.1, 0.15) is 22.9 Å². The van der Waals surface area contributed by atoms with Gasteiger partial charge in [-0.1, -0.05) is 18.2 Å². The Bertz CT molecular complexity index is 956. The highest BCUT2D eigenvalue weighted by atomic mass is 16.2. The van der Waals surface area contributed by atoms with Crippen molar-refractivity contribution in [3.05, 3.63) is 47.2 Å². The van der Waals surface area contributed by atoms with E-state index in [1.54, 1.807) is 0 Å². The van der Waals surface area contributed by atoms with Gasteiger partial charge in [0.15, 0.2) is 0 Å². The first-order valence-corrected chi connectivity index (χ1v) is 8.97. The molecule has 1 atom stereocenters. The summed E-state index contributed by atoms with van der Waals surface area (Å²) >= 11 is 0. The molecule has 1 amide bonds. The summed E-state index contributed by atoms with van der Waals surface area (Å²) in [5, 5.41) is 12.6. The fraction of sp³-hybridized carbons (Fsp3) is 0.421. The smallest absolute Gasteiger partial charge is 0.239 e. The number of likely N-dealkylation sites (N-methyl/N-ethyl adjacent to an activating group) is 1. The SMILES string of the molecule is Cc1[nH]c2ccccc2c1CCNC(=O)C1Cn2c(C)nnc2CN1C. The molecule has 2 aromatic heterocycles. The molecule has 7 heteroatoms. The lowest BCUT2D eigenvalue weighted by atomic mass is 10.1. The maximum atomic E-state index is 12.7. The number of aromatic amines is 1. The molecular weight excluding hydrogens is 328 g/mol. The van der Waals surface area contributed by atoms with Crippen LogP contribution in [0.3, 0.4) is 0 Å². The van der Waals surface area contributed by atoms with Gasteiger partial charge in [0.1, 0.15) is 17.7 Å². The largest absolute Gasteiger partial charge is 0.358 e. The van der Waals surface area contributed by atoms with E-state index in [-0.39, 0.29) is 11.9 Å². The first kappa shape index (κ1) is 16.8. The number of carbonyl (C=O) groups excluding carboxylic acids is 1. The average molecular weight is 352 g/mol. The van der Waals surface area contributed by atoms with Crippen LogP contribution in [0.5, 0.6) is 0 Å². The second-order valence-electron chi connectivity index (χ2n) is 7.02. The van der Waals surface area contributed by atoms with E-state index in [0.717, 1.165) is 23.6 Å². The Balaban J connectivity index is 1.41. The van der Waals surface area contributed by atoms with Gasteiger partial charge in [0, 0.05) is 23.1 Å². The van der Waals surface area contributed by atoms with Crippen molar-refractivity contribution in [1.82, 2.24) is 30.0 Å². The van der Waals surface area contributed by atoms with Gasteiger partial charge in [-0.3, -0.25) is 9.69 Å². The van der Waals surface area contributed by atoms with Gasteiger partial charge in [0.05, 0.1) is 13.1 Å². The number of H-pyrrole nitrogens is 1. The molecule has 4 rings (SSSR count).